The molecule has 0 saturated carbocycles. The number of nitrogens with zero attached hydrogens (tertiary/aromatic N) is 2. The molecule has 0 atom stereocenters. The van der Waals surface area contributed by atoms with Crippen LogP contribution in [-0.4, -0.2) is 47.7 Å². The summed E-state index contributed by atoms with van der Waals surface area (Å²) in [5.41, 5.74) is 3.92. The van der Waals surface area contributed by atoms with Crippen LogP contribution in [0.3, 0.4) is 0 Å². The molecule has 1 amide bonds. The Morgan fingerprint density at radius 1 is 1.03 bits per heavy atom. The molecule has 0 aromatic heterocycles. The van der Waals surface area contributed by atoms with E-state index in [0.717, 1.165) is 53.4 Å². The highest BCUT2D eigenvalue weighted by Crippen LogP contribution is 2.30. The van der Waals surface area contributed by atoms with Crippen molar-refractivity contribution in [3.05, 3.63) is 90.0 Å². The lowest BCUT2D eigenvalue weighted by Crippen LogP contribution is -2.49. The number of benzene rings is 2. The van der Waals surface area contributed by atoms with E-state index in [-0.39, 0.29) is 6.09 Å². The lowest BCUT2D eigenvalue weighted by Gasteiger charge is -2.35. The van der Waals surface area contributed by atoms with E-state index in [9.17, 15) is 4.79 Å². The molecule has 0 bridgehead atoms. The number of hydrogen-bond donors (Lipinski definition) is 0. The summed E-state index contributed by atoms with van der Waals surface area (Å²) in [5, 5.41) is 0. The number of piperazine rings is 1. The Hall–Kier alpha value is -3.31. The molecule has 1 fully saturated rings. The van der Waals surface area contributed by atoms with Crippen LogP contribution in [0.1, 0.15) is 45.7 Å². The molecule has 1 aliphatic rings. The van der Waals surface area contributed by atoms with E-state index in [0.29, 0.717) is 13.1 Å². The average Bonchev–Trinajstić information content (AvgIpc) is 2.80. The summed E-state index contributed by atoms with van der Waals surface area (Å²) in [4.78, 5) is 16.5. The summed E-state index contributed by atoms with van der Waals surface area (Å²) in [5.74, 6) is 1.66. The van der Waals surface area contributed by atoms with Crippen molar-refractivity contribution in [3.63, 3.8) is 0 Å². The predicted molar refractivity (Wildman–Crippen MR) is 144 cm³/mol. The van der Waals surface area contributed by atoms with Crippen molar-refractivity contribution in [2.75, 3.05) is 26.2 Å². The first kappa shape index (κ1) is 26.3. The van der Waals surface area contributed by atoms with Crippen molar-refractivity contribution >= 4 is 11.7 Å². The summed E-state index contributed by atoms with van der Waals surface area (Å²) in [7, 11) is 0. The first-order valence-corrected chi connectivity index (χ1v) is 12.2. The molecule has 5 nitrogen and oxygen atoms in total. The Balaban J connectivity index is 1.74. The largest absolute Gasteiger partial charge is 0.457 e. The number of allylic oxidation sites excluding steroid dienone is 5. The molecule has 0 N–H and O–H groups in total. The molecule has 0 unspecified atom stereocenters. The van der Waals surface area contributed by atoms with Crippen LogP contribution >= 0.6 is 0 Å². The standard InChI is InChI=1S/C30H38N2O3/c1-23(2)11-10-12-24(3)25-15-16-26(28(21-25)34-27-13-8-7-9-14-27)22-31-17-19-32(20-18-31)29(33)35-30(4,5)6/h7-16,21H,1,17-20,22H2,2-6H3/b11-10-,24-12+. The van der Waals surface area contributed by atoms with E-state index in [2.05, 4.69) is 42.7 Å². The second kappa shape index (κ2) is 11.9. The topological polar surface area (TPSA) is 42.0 Å². The van der Waals surface area contributed by atoms with Gasteiger partial charge in [-0.05, 0) is 64.0 Å². The number of amides is 1. The molecule has 1 saturated heterocycles. The fourth-order valence-electron chi connectivity index (χ4n) is 3.75. The Kier molecular flexibility index (Phi) is 8.94. The molecule has 2 aromatic rings. The maximum Gasteiger partial charge on any atom is 0.410 e. The number of para-hydroxylation sites is 1. The lowest BCUT2D eigenvalue weighted by atomic mass is 10.0. The minimum Gasteiger partial charge on any atom is -0.457 e. The Bertz CT molecular complexity index is 1070. The van der Waals surface area contributed by atoms with Gasteiger partial charge in [-0.2, -0.15) is 0 Å². The molecule has 0 radical (unpaired) electrons. The van der Waals surface area contributed by atoms with E-state index in [4.69, 9.17) is 9.47 Å². The van der Waals surface area contributed by atoms with Gasteiger partial charge in [0.1, 0.15) is 17.1 Å². The van der Waals surface area contributed by atoms with E-state index in [1.54, 1.807) is 4.90 Å². The van der Waals surface area contributed by atoms with Gasteiger partial charge in [-0.15, -0.1) is 0 Å². The van der Waals surface area contributed by atoms with Gasteiger partial charge >= 0.3 is 6.09 Å². The predicted octanol–water partition coefficient (Wildman–Crippen LogP) is 7.07. The second-order valence-corrected chi connectivity index (χ2v) is 10.0. The van der Waals surface area contributed by atoms with Crippen molar-refractivity contribution in [1.82, 2.24) is 9.80 Å². The van der Waals surface area contributed by atoms with Crippen LogP contribution in [0.15, 0.2) is 78.9 Å². The van der Waals surface area contributed by atoms with Crippen molar-refractivity contribution in [1.29, 1.82) is 0 Å². The van der Waals surface area contributed by atoms with Crippen LogP contribution in [0.25, 0.3) is 5.57 Å². The molecule has 5 heteroatoms. The molecule has 0 aliphatic carbocycles. The molecule has 35 heavy (non-hydrogen) atoms. The van der Waals surface area contributed by atoms with Crippen LogP contribution in [-0.2, 0) is 11.3 Å². The summed E-state index contributed by atoms with van der Waals surface area (Å²) >= 11 is 0. The Labute approximate surface area is 210 Å². The van der Waals surface area contributed by atoms with Gasteiger partial charge < -0.3 is 14.4 Å². The lowest BCUT2D eigenvalue weighted by molar-refractivity contribution is 0.0138. The maximum atomic E-state index is 12.4. The van der Waals surface area contributed by atoms with Crippen LogP contribution in [0.5, 0.6) is 11.5 Å². The molecular weight excluding hydrogens is 436 g/mol. The highest BCUT2D eigenvalue weighted by molar-refractivity contribution is 5.68. The van der Waals surface area contributed by atoms with Crippen LogP contribution in [0.4, 0.5) is 4.79 Å². The zero-order valence-electron chi connectivity index (χ0n) is 21.7. The first-order chi connectivity index (χ1) is 16.6. The highest BCUT2D eigenvalue weighted by atomic mass is 16.6. The van der Waals surface area contributed by atoms with Gasteiger partial charge in [-0.1, -0.05) is 60.7 Å². The van der Waals surface area contributed by atoms with E-state index in [1.807, 2.05) is 70.2 Å². The number of hydrogen-bond acceptors (Lipinski definition) is 4. The van der Waals surface area contributed by atoms with Gasteiger partial charge in [0.05, 0.1) is 0 Å². The van der Waals surface area contributed by atoms with Gasteiger partial charge in [0.25, 0.3) is 0 Å². The third kappa shape index (κ3) is 8.45. The van der Waals surface area contributed by atoms with Gasteiger partial charge in [0, 0.05) is 38.3 Å². The molecular formula is C30H38N2O3. The number of carbonyl (C=O) groups excluding carboxylic acids is 1. The fraction of sp³-hybridized carbons (Fsp3) is 0.367. The maximum absolute atomic E-state index is 12.4. The Morgan fingerprint density at radius 2 is 1.71 bits per heavy atom. The van der Waals surface area contributed by atoms with Gasteiger partial charge in [0.15, 0.2) is 0 Å². The van der Waals surface area contributed by atoms with E-state index < -0.39 is 5.60 Å². The molecule has 0 spiro atoms. The van der Waals surface area contributed by atoms with Gasteiger partial charge in [0.2, 0.25) is 0 Å². The zero-order chi connectivity index (χ0) is 25.4. The van der Waals surface area contributed by atoms with E-state index in [1.165, 1.54) is 0 Å². The summed E-state index contributed by atoms with van der Waals surface area (Å²) in [6.07, 6.45) is 5.87. The summed E-state index contributed by atoms with van der Waals surface area (Å²) in [6.45, 7) is 17.3. The molecule has 1 aliphatic heterocycles. The monoisotopic (exact) mass is 474 g/mol. The minimum atomic E-state index is -0.480. The quantitative estimate of drug-likeness (QED) is 0.403. The van der Waals surface area contributed by atoms with Crippen molar-refractivity contribution in [2.45, 2.75) is 46.8 Å². The fourth-order valence-corrected chi connectivity index (χ4v) is 3.75. The second-order valence-electron chi connectivity index (χ2n) is 10.0. The summed E-state index contributed by atoms with van der Waals surface area (Å²) < 4.78 is 11.9. The SMILES string of the molecule is C=C(C)/C=C\C=C(/C)c1ccc(CN2CCN(C(=O)OC(C)(C)C)CC2)c(Oc2ccccc2)c1. The van der Waals surface area contributed by atoms with Crippen LogP contribution in [0, 0.1) is 0 Å². The number of rotatable bonds is 7. The number of ether oxygens (including phenoxy) is 2. The third-order valence-electron chi connectivity index (χ3n) is 5.64. The normalized spacial score (nSPS) is 15.3. The Morgan fingerprint density at radius 3 is 2.34 bits per heavy atom. The average molecular weight is 475 g/mol. The number of carbonyl (C=O) groups is 1. The summed E-state index contributed by atoms with van der Waals surface area (Å²) in [6, 6.07) is 16.3. The molecule has 3 rings (SSSR count). The van der Waals surface area contributed by atoms with Crippen molar-refractivity contribution < 1.29 is 14.3 Å². The van der Waals surface area contributed by atoms with Crippen molar-refractivity contribution in [3.8, 4) is 11.5 Å². The smallest absolute Gasteiger partial charge is 0.410 e. The van der Waals surface area contributed by atoms with Crippen LogP contribution in [0.2, 0.25) is 0 Å². The van der Waals surface area contributed by atoms with Crippen LogP contribution < -0.4 is 4.74 Å². The third-order valence-corrected chi connectivity index (χ3v) is 5.64. The molecule has 1 heterocycles. The molecule has 2 aromatic carbocycles. The van der Waals surface area contributed by atoms with Gasteiger partial charge in [-0.3, -0.25) is 4.90 Å². The highest BCUT2D eigenvalue weighted by Gasteiger charge is 2.26. The minimum absolute atomic E-state index is 0.238. The zero-order valence-corrected chi connectivity index (χ0v) is 21.7. The first-order valence-electron chi connectivity index (χ1n) is 12.2. The van der Waals surface area contributed by atoms with Gasteiger partial charge in [-0.25, -0.2) is 4.79 Å². The molecule has 186 valence electrons. The van der Waals surface area contributed by atoms with E-state index >= 15 is 0 Å². The van der Waals surface area contributed by atoms with Crippen molar-refractivity contribution in [2.24, 2.45) is 0 Å².